The second kappa shape index (κ2) is 11.7. The molecule has 0 bridgehead atoms. The predicted molar refractivity (Wildman–Crippen MR) is 116 cm³/mol. The van der Waals surface area contributed by atoms with Gasteiger partial charge in [0.2, 0.25) is 0 Å². The van der Waals surface area contributed by atoms with Gasteiger partial charge in [-0.1, -0.05) is 0 Å². The van der Waals surface area contributed by atoms with Gasteiger partial charge >= 0.3 is 0 Å². The standard InChI is InChI=1S/C17H27N5O2S.HI/c1-2-18-16(19-6-4-8-23-13-15-5-3-9-24-15)20-11-14-12-22-7-10-25-17(22)21-14;/h7,10,12,15H,2-6,8-9,11,13H2,1H3,(H2,18,19,20);1H. The summed E-state index contributed by atoms with van der Waals surface area (Å²) in [5.74, 6) is 0.818. The van der Waals surface area contributed by atoms with E-state index in [4.69, 9.17) is 9.47 Å². The van der Waals surface area contributed by atoms with Crippen LogP contribution in [0.4, 0.5) is 0 Å². The van der Waals surface area contributed by atoms with Gasteiger partial charge in [0.25, 0.3) is 0 Å². The lowest BCUT2D eigenvalue weighted by atomic mass is 10.2. The smallest absolute Gasteiger partial charge is 0.193 e. The first kappa shape index (κ1) is 21.4. The summed E-state index contributed by atoms with van der Waals surface area (Å²) < 4.78 is 13.2. The number of nitrogens with one attached hydrogen (secondary N) is 2. The van der Waals surface area contributed by atoms with Gasteiger partial charge in [-0.25, -0.2) is 9.98 Å². The summed E-state index contributed by atoms with van der Waals surface area (Å²) in [5, 5.41) is 8.63. The van der Waals surface area contributed by atoms with E-state index in [9.17, 15) is 0 Å². The van der Waals surface area contributed by atoms with E-state index in [1.54, 1.807) is 11.3 Å². The molecule has 1 atom stereocenters. The molecule has 0 aromatic carbocycles. The van der Waals surface area contributed by atoms with Crippen LogP contribution in [0, 0.1) is 0 Å². The zero-order chi connectivity index (χ0) is 17.3. The molecule has 2 aromatic rings. The molecule has 1 saturated heterocycles. The minimum Gasteiger partial charge on any atom is -0.379 e. The zero-order valence-corrected chi connectivity index (χ0v) is 18.3. The molecular formula is C17H28IN5O2S. The lowest BCUT2D eigenvalue weighted by molar-refractivity contribution is 0.0168. The quantitative estimate of drug-likeness (QED) is 0.243. The molecule has 7 nitrogen and oxygen atoms in total. The molecule has 3 heterocycles. The summed E-state index contributed by atoms with van der Waals surface area (Å²) in [4.78, 5) is 10.2. The molecule has 0 radical (unpaired) electrons. The van der Waals surface area contributed by atoms with Gasteiger partial charge in [0.1, 0.15) is 0 Å². The second-order valence-electron chi connectivity index (χ2n) is 6.01. The number of aromatic nitrogens is 2. The predicted octanol–water partition coefficient (Wildman–Crippen LogP) is 2.65. The number of hydrogen-bond donors (Lipinski definition) is 2. The van der Waals surface area contributed by atoms with E-state index in [0.717, 1.165) is 62.2 Å². The van der Waals surface area contributed by atoms with E-state index in [1.807, 2.05) is 22.2 Å². The molecule has 26 heavy (non-hydrogen) atoms. The normalized spacial score (nSPS) is 17.4. The van der Waals surface area contributed by atoms with Crippen LogP contribution in [0.5, 0.6) is 0 Å². The third kappa shape index (κ3) is 6.67. The third-order valence-electron chi connectivity index (χ3n) is 3.97. The van der Waals surface area contributed by atoms with Crippen molar-refractivity contribution in [3.63, 3.8) is 0 Å². The van der Waals surface area contributed by atoms with E-state index >= 15 is 0 Å². The monoisotopic (exact) mass is 493 g/mol. The van der Waals surface area contributed by atoms with Gasteiger partial charge in [-0.05, 0) is 26.2 Å². The molecule has 1 aliphatic heterocycles. The van der Waals surface area contributed by atoms with Crippen LogP contribution < -0.4 is 10.6 Å². The molecule has 0 aliphatic carbocycles. The van der Waals surface area contributed by atoms with Gasteiger partial charge < -0.3 is 20.1 Å². The molecule has 0 spiro atoms. The van der Waals surface area contributed by atoms with Crippen LogP contribution in [0.15, 0.2) is 22.8 Å². The Balaban J connectivity index is 0.00000243. The summed E-state index contributed by atoms with van der Waals surface area (Å²) in [6.07, 6.45) is 7.57. The fourth-order valence-corrected chi connectivity index (χ4v) is 3.44. The first-order chi connectivity index (χ1) is 12.3. The molecule has 1 aliphatic rings. The number of ether oxygens (including phenoxy) is 2. The minimum atomic E-state index is 0. The van der Waals surface area contributed by atoms with Gasteiger partial charge in [-0.2, -0.15) is 0 Å². The average Bonchev–Trinajstić information content (AvgIpc) is 3.32. The number of rotatable bonds is 9. The maximum Gasteiger partial charge on any atom is 0.193 e. The van der Waals surface area contributed by atoms with E-state index in [2.05, 4.69) is 27.5 Å². The summed E-state index contributed by atoms with van der Waals surface area (Å²) >= 11 is 1.63. The second-order valence-corrected chi connectivity index (χ2v) is 6.88. The largest absolute Gasteiger partial charge is 0.379 e. The number of fused-ring (bicyclic) bond motifs is 1. The van der Waals surface area contributed by atoms with E-state index in [0.29, 0.717) is 19.3 Å². The van der Waals surface area contributed by atoms with Crippen molar-refractivity contribution in [3.8, 4) is 0 Å². The Hall–Kier alpha value is -0.910. The Bertz CT molecular complexity index is 640. The Morgan fingerprint density at radius 1 is 1.50 bits per heavy atom. The maximum absolute atomic E-state index is 5.68. The first-order valence-corrected chi connectivity index (χ1v) is 9.85. The fourth-order valence-electron chi connectivity index (χ4n) is 2.73. The Kier molecular flexibility index (Phi) is 9.65. The zero-order valence-electron chi connectivity index (χ0n) is 15.1. The van der Waals surface area contributed by atoms with Crippen molar-refractivity contribution in [3.05, 3.63) is 23.5 Å². The lowest BCUT2D eigenvalue weighted by Crippen LogP contribution is -2.38. The molecule has 3 rings (SSSR count). The number of aliphatic imine (C=N–C) groups is 1. The average molecular weight is 493 g/mol. The number of nitrogens with zero attached hydrogens (tertiary/aromatic N) is 3. The van der Waals surface area contributed by atoms with Crippen LogP contribution in [0.25, 0.3) is 4.96 Å². The van der Waals surface area contributed by atoms with Crippen molar-refractivity contribution in [2.24, 2.45) is 4.99 Å². The van der Waals surface area contributed by atoms with Crippen molar-refractivity contribution in [2.45, 2.75) is 38.8 Å². The third-order valence-corrected chi connectivity index (χ3v) is 4.74. The van der Waals surface area contributed by atoms with Gasteiger partial charge in [0.05, 0.1) is 24.9 Å². The molecule has 1 unspecified atom stereocenters. The molecular weight excluding hydrogens is 465 g/mol. The van der Waals surface area contributed by atoms with Gasteiger partial charge in [-0.15, -0.1) is 35.3 Å². The highest BCUT2D eigenvalue weighted by atomic mass is 127. The fraction of sp³-hybridized carbons (Fsp3) is 0.647. The number of hydrogen-bond acceptors (Lipinski definition) is 5. The van der Waals surface area contributed by atoms with Crippen molar-refractivity contribution in [1.29, 1.82) is 0 Å². The summed E-state index contributed by atoms with van der Waals surface area (Å²) in [6, 6.07) is 0. The number of imidazole rings is 1. The molecule has 9 heteroatoms. The lowest BCUT2D eigenvalue weighted by Gasteiger charge is -2.12. The van der Waals surface area contributed by atoms with Gasteiger partial charge in [0.15, 0.2) is 10.9 Å². The highest BCUT2D eigenvalue weighted by molar-refractivity contribution is 14.0. The minimum absolute atomic E-state index is 0. The van der Waals surface area contributed by atoms with Crippen molar-refractivity contribution in [2.75, 3.05) is 32.9 Å². The van der Waals surface area contributed by atoms with Crippen LogP contribution in [0.1, 0.15) is 31.9 Å². The summed E-state index contributed by atoms with van der Waals surface area (Å²) in [5.41, 5.74) is 0.976. The van der Waals surface area contributed by atoms with Gasteiger partial charge in [0, 0.05) is 44.1 Å². The molecule has 1 fully saturated rings. The Morgan fingerprint density at radius 3 is 3.19 bits per heavy atom. The number of thiazole rings is 1. The highest BCUT2D eigenvalue weighted by Crippen LogP contribution is 2.12. The highest BCUT2D eigenvalue weighted by Gasteiger charge is 2.14. The maximum atomic E-state index is 5.68. The molecule has 2 aromatic heterocycles. The van der Waals surface area contributed by atoms with E-state index in [1.165, 1.54) is 0 Å². The van der Waals surface area contributed by atoms with E-state index in [-0.39, 0.29) is 24.0 Å². The molecule has 146 valence electrons. The number of halogens is 1. The van der Waals surface area contributed by atoms with Crippen LogP contribution in [-0.2, 0) is 16.0 Å². The SMILES string of the molecule is CCNC(=NCc1cn2ccsc2n1)NCCCOCC1CCCO1.I. The van der Waals surface area contributed by atoms with Crippen molar-refractivity contribution < 1.29 is 9.47 Å². The van der Waals surface area contributed by atoms with Crippen LogP contribution >= 0.6 is 35.3 Å². The first-order valence-electron chi connectivity index (χ1n) is 8.97. The molecule has 0 saturated carbocycles. The van der Waals surface area contributed by atoms with Gasteiger partial charge in [-0.3, -0.25) is 4.40 Å². The van der Waals surface area contributed by atoms with Crippen molar-refractivity contribution >= 4 is 46.2 Å². The van der Waals surface area contributed by atoms with Crippen LogP contribution in [-0.4, -0.2) is 54.4 Å². The van der Waals surface area contributed by atoms with Crippen LogP contribution in [0.2, 0.25) is 0 Å². The van der Waals surface area contributed by atoms with E-state index < -0.39 is 0 Å². The summed E-state index contributed by atoms with van der Waals surface area (Å²) in [6.45, 7) is 6.63. The van der Waals surface area contributed by atoms with Crippen molar-refractivity contribution in [1.82, 2.24) is 20.0 Å². The van der Waals surface area contributed by atoms with Crippen LogP contribution in [0.3, 0.4) is 0 Å². The Labute approximate surface area is 175 Å². The topological polar surface area (TPSA) is 72.2 Å². The molecule has 2 N–H and O–H groups in total. The molecule has 0 amide bonds. The number of guanidine groups is 1. The Morgan fingerprint density at radius 2 is 2.42 bits per heavy atom. The summed E-state index contributed by atoms with van der Waals surface area (Å²) in [7, 11) is 0.